The summed E-state index contributed by atoms with van der Waals surface area (Å²) in [6, 6.07) is -0.0828. The molecule has 0 fully saturated rings. The Morgan fingerprint density at radius 3 is 2.82 bits per heavy atom. The summed E-state index contributed by atoms with van der Waals surface area (Å²) < 4.78 is 0.971. The molecule has 0 amide bonds. The van der Waals surface area contributed by atoms with E-state index >= 15 is 0 Å². The van der Waals surface area contributed by atoms with Gasteiger partial charge < -0.3 is 15.8 Å². The van der Waals surface area contributed by atoms with Gasteiger partial charge in [0.05, 0.1) is 0 Å². The fraction of sp³-hybridized carbons (Fsp3) is 0.429. The first-order valence-electron chi connectivity index (χ1n) is 3.44. The van der Waals surface area contributed by atoms with Crippen LogP contribution in [0.2, 0.25) is 0 Å². The number of halogens is 1. The number of nitrogens with one attached hydrogen (secondary N) is 1. The van der Waals surface area contributed by atoms with Gasteiger partial charge in [-0.25, -0.2) is 0 Å². The third-order valence-corrected chi connectivity index (χ3v) is 2.25. The van der Waals surface area contributed by atoms with Crippen molar-refractivity contribution in [1.82, 2.24) is 4.98 Å². The van der Waals surface area contributed by atoms with Crippen LogP contribution in [-0.4, -0.2) is 16.7 Å². The zero-order chi connectivity index (χ0) is 8.27. The Morgan fingerprint density at radius 2 is 2.36 bits per heavy atom. The van der Waals surface area contributed by atoms with E-state index in [0.29, 0.717) is 6.42 Å². The summed E-state index contributed by atoms with van der Waals surface area (Å²) in [5.41, 5.74) is 6.75. The first-order valence-corrected chi connectivity index (χ1v) is 4.23. The molecule has 0 saturated heterocycles. The molecule has 1 atom stereocenters. The van der Waals surface area contributed by atoms with Gasteiger partial charge >= 0.3 is 0 Å². The largest absolute Gasteiger partial charge is 0.396 e. The van der Waals surface area contributed by atoms with Gasteiger partial charge in [0.15, 0.2) is 0 Å². The average molecular weight is 219 g/mol. The van der Waals surface area contributed by atoms with E-state index in [1.165, 1.54) is 0 Å². The number of H-pyrrole nitrogens is 1. The molecule has 1 aromatic rings. The normalized spacial score (nSPS) is 13.4. The number of aromatic amines is 1. The zero-order valence-electron chi connectivity index (χ0n) is 6.05. The third-order valence-electron chi connectivity index (χ3n) is 1.56. The summed E-state index contributed by atoms with van der Waals surface area (Å²) in [6.45, 7) is 0.124. The molecule has 1 rings (SSSR count). The number of aliphatic hydroxyl groups is 1. The maximum Gasteiger partial charge on any atom is 0.0449 e. The standard InChI is InChI=1S/C7H11BrN2O/c8-6-4-10-3-5(6)7(9)1-2-11/h3-4,7,10-11H,1-2,9H2/t7-/m0/s1. The molecule has 0 aromatic carbocycles. The summed E-state index contributed by atoms with van der Waals surface area (Å²) >= 11 is 3.34. The van der Waals surface area contributed by atoms with Crippen LogP contribution in [0, 0.1) is 0 Å². The van der Waals surface area contributed by atoms with Crippen molar-refractivity contribution in [2.75, 3.05) is 6.61 Å². The fourth-order valence-electron chi connectivity index (χ4n) is 0.936. The van der Waals surface area contributed by atoms with E-state index in [2.05, 4.69) is 20.9 Å². The maximum absolute atomic E-state index is 8.62. The highest BCUT2D eigenvalue weighted by Gasteiger charge is 2.08. The molecule has 0 spiro atoms. The molecule has 1 heterocycles. The van der Waals surface area contributed by atoms with Crippen LogP contribution in [0.5, 0.6) is 0 Å². The van der Waals surface area contributed by atoms with Gasteiger partial charge in [0, 0.05) is 35.1 Å². The predicted octanol–water partition coefficient (Wildman–Crippen LogP) is 1.16. The van der Waals surface area contributed by atoms with E-state index in [-0.39, 0.29) is 12.6 Å². The van der Waals surface area contributed by atoms with Crippen LogP contribution >= 0.6 is 15.9 Å². The van der Waals surface area contributed by atoms with E-state index in [0.717, 1.165) is 10.0 Å². The quantitative estimate of drug-likeness (QED) is 0.714. The van der Waals surface area contributed by atoms with E-state index in [1.807, 2.05) is 12.4 Å². The minimum atomic E-state index is -0.0828. The van der Waals surface area contributed by atoms with Crippen molar-refractivity contribution in [2.45, 2.75) is 12.5 Å². The topological polar surface area (TPSA) is 62.0 Å². The van der Waals surface area contributed by atoms with Crippen LogP contribution in [0.15, 0.2) is 16.9 Å². The molecule has 4 N–H and O–H groups in total. The SMILES string of the molecule is N[C@@H](CCO)c1c[nH]cc1Br. The molecule has 0 aliphatic carbocycles. The zero-order valence-corrected chi connectivity index (χ0v) is 7.63. The van der Waals surface area contributed by atoms with E-state index in [4.69, 9.17) is 10.8 Å². The summed E-state index contributed by atoms with van der Waals surface area (Å²) in [4.78, 5) is 2.93. The van der Waals surface area contributed by atoms with Crippen molar-refractivity contribution in [3.8, 4) is 0 Å². The molecule has 0 bridgehead atoms. The van der Waals surface area contributed by atoms with Gasteiger partial charge in [-0.15, -0.1) is 0 Å². The molecular formula is C7H11BrN2O. The highest BCUT2D eigenvalue weighted by molar-refractivity contribution is 9.10. The Bertz CT molecular complexity index is 224. The van der Waals surface area contributed by atoms with Gasteiger partial charge in [0.1, 0.15) is 0 Å². The average Bonchev–Trinajstić information content (AvgIpc) is 2.36. The summed E-state index contributed by atoms with van der Waals surface area (Å²) in [5, 5.41) is 8.62. The number of nitrogens with two attached hydrogens (primary N) is 1. The van der Waals surface area contributed by atoms with E-state index < -0.39 is 0 Å². The Morgan fingerprint density at radius 1 is 1.64 bits per heavy atom. The first-order chi connectivity index (χ1) is 5.25. The van der Waals surface area contributed by atoms with Crippen LogP contribution in [0.3, 0.4) is 0 Å². The number of rotatable bonds is 3. The third kappa shape index (κ3) is 2.05. The molecule has 4 heteroatoms. The lowest BCUT2D eigenvalue weighted by Crippen LogP contribution is -2.11. The molecule has 0 saturated carbocycles. The highest BCUT2D eigenvalue weighted by atomic mass is 79.9. The molecule has 0 aliphatic heterocycles. The summed E-state index contributed by atoms with van der Waals surface area (Å²) in [5.74, 6) is 0. The second kappa shape index (κ2) is 3.90. The first kappa shape index (κ1) is 8.77. The van der Waals surface area contributed by atoms with Crippen LogP contribution in [0.1, 0.15) is 18.0 Å². The van der Waals surface area contributed by atoms with Gasteiger partial charge in [-0.3, -0.25) is 0 Å². The van der Waals surface area contributed by atoms with E-state index in [1.54, 1.807) is 0 Å². The van der Waals surface area contributed by atoms with Gasteiger partial charge in [0.25, 0.3) is 0 Å². The number of hydrogen-bond donors (Lipinski definition) is 3. The van der Waals surface area contributed by atoms with Crippen LogP contribution in [0.4, 0.5) is 0 Å². The monoisotopic (exact) mass is 218 g/mol. The Balaban J connectivity index is 2.67. The van der Waals surface area contributed by atoms with Crippen molar-refractivity contribution in [3.63, 3.8) is 0 Å². The van der Waals surface area contributed by atoms with Crippen LogP contribution in [0.25, 0.3) is 0 Å². The van der Waals surface area contributed by atoms with Gasteiger partial charge in [0.2, 0.25) is 0 Å². The lowest BCUT2D eigenvalue weighted by molar-refractivity contribution is 0.276. The maximum atomic E-state index is 8.62. The molecule has 0 aliphatic rings. The molecule has 62 valence electrons. The Hall–Kier alpha value is -0.320. The van der Waals surface area contributed by atoms with Gasteiger partial charge in [-0.2, -0.15) is 0 Å². The summed E-state index contributed by atoms with van der Waals surface area (Å²) in [6.07, 6.45) is 4.26. The van der Waals surface area contributed by atoms with Gasteiger partial charge in [-0.1, -0.05) is 0 Å². The van der Waals surface area contributed by atoms with Gasteiger partial charge in [-0.05, 0) is 22.4 Å². The lowest BCUT2D eigenvalue weighted by Gasteiger charge is -2.07. The van der Waals surface area contributed by atoms with Crippen molar-refractivity contribution < 1.29 is 5.11 Å². The minimum Gasteiger partial charge on any atom is -0.396 e. The number of aromatic nitrogens is 1. The second-order valence-corrected chi connectivity index (χ2v) is 3.23. The lowest BCUT2D eigenvalue weighted by atomic mass is 10.1. The summed E-state index contributed by atoms with van der Waals surface area (Å²) in [7, 11) is 0. The van der Waals surface area contributed by atoms with E-state index in [9.17, 15) is 0 Å². The predicted molar refractivity (Wildman–Crippen MR) is 47.1 cm³/mol. The number of hydrogen-bond acceptors (Lipinski definition) is 2. The van der Waals surface area contributed by atoms with Crippen molar-refractivity contribution in [3.05, 3.63) is 22.4 Å². The fourth-order valence-corrected chi connectivity index (χ4v) is 1.48. The molecular weight excluding hydrogens is 208 g/mol. The second-order valence-electron chi connectivity index (χ2n) is 2.38. The Labute approximate surface area is 73.7 Å². The Kier molecular flexibility index (Phi) is 3.11. The highest BCUT2D eigenvalue weighted by Crippen LogP contribution is 2.22. The number of aliphatic hydroxyl groups excluding tert-OH is 1. The van der Waals surface area contributed by atoms with Crippen molar-refractivity contribution in [2.24, 2.45) is 5.73 Å². The minimum absolute atomic E-state index is 0.0828. The smallest absolute Gasteiger partial charge is 0.0449 e. The molecule has 11 heavy (non-hydrogen) atoms. The van der Waals surface area contributed by atoms with Crippen molar-refractivity contribution in [1.29, 1.82) is 0 Å². The van der Waals surface area contributed by atoms with Crippen molar-refractivity contribution >= 4 is 15.9 Å². The molecule has 0 unspecified atom stereocenters. The van der Waals surface area contributed by atoms with Crippen LogP contribution < -0.4 is 5.73 Å². The molecule has 1 aromatic heterocycles. The van der Waals surface area contributed by atoms with Crippen LogP contribution in [-0.2, 0) is 0 Å². The molecule has 0 radical (unpaired) electrons. The molecule has 3 nitrogen and oxygen atoms in total.